The fourth-order valence-electron chi connectivity index (χ4n) is 2.39. The summed E-state index contributed by atoms with van der Waals surface area (Å²) in [6.07, 6.45) is 0.943. The number of sulfone groups is 1. The van der Waals surface area contributed by atoms with Crippen molar-refractivity contribution >= 4 is 32.2 Å². The smallest absolute Gasteiger partial charge is 0.288 e. The molecule has 0 saturated heterocycles. The van der Waals surface area contributed by atoms with Gasteiger partial charge in [-0.2, -0.15) is 0 Å². The van der Waals surface area contributed by atoms with Crippen LogP contribution in [0.4, 0.5) is 11.4 Å². The van der Waals surface area contributed by atoms with E-state index in [0.29, 0.717) is 18.0 Å². The Labute approximate surface area is 138 Å². The molecule has 1 N–H and O–H groups in total. The highest BCUT2D eigenvalue weighted by atomic mass is 32.2. The van der Waals surface area contributed by atoms with Gasteiger partial charge in [0.1, 0.15) is 16.2 Å². The number of nitro groups is 1. The summed E-state index contributed by atoms with van der Waals surface area (Å²) in [4.78, 5) is 9.94. The fraction of sp³-hybridized carbons (Fsp3) is 0.125. The van der Waals surface area contributed by atoms with Crippen LogP contribution in [-0.2, 0) is 16.4 Å². The number of para-hydroxylation sites is 1. The molecule has 1 aromatic heterocycles. The Morgan fingerprint density at radius 3 is 2.58 bits per heavy atom. The van der Waals surface area contributed by atoms with Crippen LogP contribution in [0.5, 0.6) is 0 Å². The SMILES string of the molecule is CS(=O)(=O)c1cc(NCc2cc3ccccc3o2)ccc1[N+](=O)[O-]. The van der Waals surface area contributed by atoms with E-state index < -0.39 is 20.4 Å². The van der Waals surface area contributed by atoms with E-state index in [1.54, 1.807) is 0 Å². The van der Waals surface area contributed by atoms with Gasteiger partial charge in [0.25, 0.3) is 5.69 Å². The molecule has 0 fully saturated rings. The van der Waals surface area contributed by atoms with E-state index >= 15 is 0 Å². The molecule has 0 bridgehead atoms. The molecule has 0 aliphatic rings. The van der Waals surface area contributed by atoms with Crippen LogP contribution in [0.15, 0.2) is 57.8 Å². The lowest BCUT2D eigenvalue weighted by Gasteiger charge is -2.07. The van der Waals surface area contributed by atoms with Crippen LogP contribution in [0, 0.1) is 10.1 Å². The molecule has 0 aliphatic carbocycles. The van der Waals surface area contributed by atoms with Gasteiger partial charge in [-0.25, -0.2) is 8.42 Å². The van der Waals surface area contributed by atoms with Crippen molar-refractivity contribution in [3.8, 4) is 0 Å². The highest BCUT2D eigenvalue weighted by molar-refractivity contribution is 7.90. The molecule has 3 rings (SSSR count). The second-order valence-corrected chi connectivity index (χ2v) is 7.30. The number of rotatable bonds is 5. The summed E-state index contributed by atoms with van der Waals surface area (Å²) < 4.78 is 29.2. The first-order valence-electron chi connectivity index (χ1n) is 7.04. The number of nitrogens with one attached hydrogen (secondary N) is 1. The Balaban J connectivity index is 1.86. The number of benzene rings is 2. The minimum Gasteiger partial charge on any atom is -0.459 e. The third-order valence-electron chi connectivity index (χ3n) is 3.50. The van der Waals surface area contributed by atoms with Gasteiger partial charge in [0.15, 0.2) is 9.84 Å². The molecule has 3 aromatic rings. The van der Waals surface area contributed by atoms with Crippen LogP contribution in [-0.4, -0.2) is 19.6 Å². The monoisotopic (exact) mass is 346 g/mol. The molecule has 8 heteroatoms. The standard InChI is InChI=1S/C16H14N2O5S/c1-24(21,22)16-9-12(6-7-14(16)18(19)20)17-10-13-8-11-4-2-3-5-15(11)23-13/h2-9,17H,10H2,1H3. The predicted molar refractivity (Wildman–Crippen MR) is 89.7 cm³/mol. The van der Waals surface area contributed by atoms with Gasteiger partial charge >= 0.3 is 0 Å². The summed E-state index contributed by atoms with van der Waals surface area (Å²) in [5.74, 6) is 0.676. The maximum absolute atomic E-state index is 11.8. The van der Waals surface area contributed by atoms with E-state index in [1.165, 1.54) is 18.2 Å². The zero-order valence-corrected chi connectivity index (χ0v) is 13.5. The lowest BCUT2D eigenvalue weighted by Crippen LogP contribution is -2.05. The molecule has 0 saturated carbocycles. The van der Waals surface area contributed by atoms with E-state index in [1.807, 2.05) is 30.3 Å². The van der Waals surface area contributed by atoms with Crippen LogP contribution in [0.1, 0.15) is 5.76 Å². The number of hydrogen-bond donors (Lipinski definition) is 1. The van der Waals surface area contributed by atoms with Gasteiger partial charge in [-0.15, -0.1) is 0 Å². The second kappa shape index (κ2) is 5.97. The van der Waals surface area contributed by atoms with Gasteiger partial charge in [-0.1, -0.05) is 18.2 Å². The van der Waals surface area contributed by atoms with Crippen LogP contribution >= 0.6 is 0 Å². The summed E-state index contributed by atoms with van der Waals surface area (Å²) in [6.45, 7) is 0.329. The Morgan fingerprint density at radius 1 is 1.17 bits per heavy atom. The number of hydrogen-bond acceptors (Lipinski definition) is 6. The van der Waals surface area contributed by atoms with E-state index in [-0.39, 0.29) is 4.90 Å². The largest absolute Gasteiger partial charge is 0.459 e. The third kappa shape index (κ3) is 3.23. The van der Waals surface area contributed by atoms with Crippen molar-refractivity contribution in [3.05, 3.63) is 64.4 Å². The first kappa shape index (κ1) is 16.0. The summed E-state index contributed by atoms with van der Waals surface area (Å²) in [5, 5.41) is 15.0. The predicted octanol–water partition coefficient (Wildman–Crippen LogP) is 3.36. The molecular weight excluding hydrogens is 332 g/mol. The molecule has 24 heavy (non-hydrogen) atoms. The maximum Gasteiger partial charge on any atom is 0.288 e. The normalized spacial score (nSPS) is 11.5. The first-order valence-corrected chi connectivity index (χ1v) is 8.93. The van der Waals surface area contributed by atoms with Crippen molar-refractivity contribution in [1.29, 1.82) is 0 Å². The lowest BCUT2D eigenvalue weighted by molar-refractivity contribution is -0.387. The van der Waals surface area contributed by atoms with Gasteiger partial charge < -0.3 is 9.73 Å². The van der Waals surface area contributed by atoms with E-state index in [4.69, 9.17) is 4.42 Å². The van der Waals surface area contributed by atoms with E-state index in [9.17, 15) is 18.5 Å². The number of nitro benzene ring substituents is 1. The minimum absolute atomic E-state index is 0.317. The van der Waals surface area contributed by atoms with Crippen molar-refractivity contribution in [3.63, 3.8) is 0 Å². The summed E-state index contributed by atoms with van der Waals surface area (Å²) >= 11 is 0. The summed E-state index contributed by atoms with van der Waals surface area (Å²) in [7, 11) is -3.71. The van der Waals surface area contributed by atoms with Crippen LogP contribution in [0.2, 0.25) is 0 Å². The van der Waals surface area contributed by atoms with E-state index in [2.05, 4.69) is 5.32 Å². The van der Waals surface area contributed by atoms with Crippen molar-refractivity contribution in [2.24, 2.45) is 0 Å². The topological polar surface area (TPSA) is 102 Å². The molecule has 2 aromatic carbocycles. The number of nitrogens with zero attached hydrogens (tertiary/aromatic N) is 1. The highest BCUT2D eigenvalue weighted by Gasteiger charge is 2.22. The minimum atomic E-state index is -3.71. The molecule has 7 nitrogen and oxygen atoms in total. The Morgan fingerprint density at radius 2 is 1.92 bits per heavy atom. The molecule has 0 aliphatic heterocycles. The van der Waals surface area contributed by atoms with Crippen LogP contribution in [0.25, 0.3) is 11.0 Å². The number of furan rings is 1. The number of anilines is 1. The second-order valence-electron chi connectivity index (χ2n) is 5.32. The Bertz CT molecular complexity index is 991. The first-order chi connectivity index (χ1) is 11.3. The van der Waals surface area contributed by atoms with Crippen LogP contribution < -0.4 is 5.32 Å². The van der Waals surface area contributed by atoms with Crippen molar-refractivity contribution in [2.45, 2.75) is 11.4 Å². The van der Waals surface area contributed by atoms with Crippen molar-refractivity contribution < 1.29 is 17.8 Å². The molecule has 0 amide bonds. The van der Waals surface area contributed by atoms with Gasteiger partial charge in [-0.3, -0.25) is 10.1 Å². The lowest BCUT2D eigenvalue weighted by atomic mass is 10.2. The average molecular weight is 346 g/mol. The van der Waals surface area contributed by atoms with E-state index in [0.717, 1.165) is 17.2 Å². The fourth-order valence-corrected chi connectivity index (χ4v) is 3.25. The summed E-state index contributed by atoms with van der Waals surface area (Å²) in [6, 6.07) is 13.3. The summed E-state index contributed by atoms with van der Waals surface area (Å²) in [5.41, 5.74) is 0.781. The van der Waals surface area contributed by atoms with Crippen molar-refractivity contribution in [2.75, 3.05) is 11.6 Å². The number of fused-ring (bicyclic) bond motifs is 1. The van der Waals surface area contributed by atoms with Crippen LogP contribution in [0.3, 0.4) is 0 Å². The van der Waals surface area contributed by atoms with Crippen molar-refractivity contribution in [1.82, 2.24) is 0 Å². The zero-order chi connectivity index (χ0) is 17.3. The maximum atomic E-state index is 11.8. The van der Waals surface area contributed by atoms with Gasteiger partial charge in [-0.05, 0) is 24.3 Å². The third-order valence-corrected chi connectivity index (χ3v) is 4.63. The highest BCUT2D eigenvalue weighted by Crippen LogP contribution is 2.27. The van der Waals surface area contributed by atoms with Gasteiger partial charge in [0, 0.05) is 23.4 Å². The van der Waals surface area contributed by atoms with Gasteiger partial charge in [0.05, 0.1) is 11.5 Å². The molecule has 1 heterocycles. The molecular formula is C16H14N2O5S. The molecule has 0 atom stereocenters. The molecule has 0 spiro atoms. The molecule has 124 valence electrons. The Hall–Kier alpha value is -2.87. The molecule has 0 unspecified atom stereocenters. The Kier molecular flexibility index (Phi) is 3.98. The quantitative estimate of drug-likeness (QED) is 0.561. The average Bonchev–Trinajstić information content (AvgIpc) is 2.94. The zero-order valence-electron chi connectivity index (χ0n) is 12.7. The molecule has 0 radical (unpaired) electrons. The van der Waals surface area contributed by atoms with Gasteiger partial charge in [0.2, 0.25) is 0 Å².